The molecule has 0 heterocycles. The van der Waals surface area contributed by atoms with Gasteiger partial charge in [-0.3, -0.25) is 14.4 Å². The molecular weight excluding hydrogens is 591 g/mol. The molecule has 2 aromatic carbocycles. The van der Waals surface area contributed by atoms with Crippen LogP contribution in [0.25, 0.3) is 0 Å². The number of hydrogen-bond acceptors (Lipinski definition) is 7. The molecule has 200 valence electrons. The van der Waals surface area contributed by atoms with Crippen molar-refractivity contribution in [3.05, 3.63) is 50.6 Å². The van der Waals surface area contributed by atoms with Crippen LogP contribution >= 0.6 is 22.6 Å². The fourth-order valence-electron chi connectivity index (χ4n) is 3.05. The summed E-state index contributed by atoms with van der Waals surface area (Å²) in [5, 5.41) is 9.20. The summed E-state index contributed by atoms with van der Waals surface area (Å²) in [5.41, 5.74) is 5.60. The van der Waals surface area contributed by atoms with Gasteiger partial charge in [0.15, 0.2) is 18.1 Å². The molecule has 0 spiro atoms. The van der Waals surface area contributed by atoms with Gasteiger partial charge in [0.2, 0.25) is 0 Å². The van der Waals surface area contributed by atoms with Crippen molar-refractivity contribution in [3.8, 4) is 11.5 Å². The summed E-state index contributed by atoms with van der Waals surface area (Å²) in [6.07, 6.45) is 2.09. The number of ether oxygens (including phenoxy) is 3. The second-order valence-corrected chi connectivity index (χ2v) is 9.51. The summed E-state index contributed by atoms with van der Waals surface area (Å²) < 4.78 is 17.2. The zero-order valence-electron chi connectivity index (χ0n) is 21.6. The maximum absolute atomic E-state index is 12.4. The van der Waals surface area contributed by atoms with E-state index in [9.17, 15) is 14.4 Å². The zero-order chi connectivity index (χ0) is 27.4. The minimum atomic E-state index is -0.877. The van der Waals surface area contributed by atoms with E-state index < -0.39 is 11.8 Å². The molecule has 11 heteroatoms. The van der Waals surface area contributed by atoms with Crippen molar-refractivity contribution in [3.63, 3.8) is 0 Å². The standard InChI is InChI=1S/C26H33IN4O6/c1-16(2)36-11-7-10-28-25(33)26(34)31-29-14-19-12-20(27)24(22(13-19)35-5)37-15-23(32)30-21-9-6-8-17(3)18(21)4/h6,8-9,12-14,16H,7,10-11,15H2,1-5H3,(H,28,33)(H,30,32)(H,31,34)/b29-14-. The van der Waals surface area contributed by atoms with Gasteiger partial charge in [-0.05, 0) is 91.6 Å². The highest BCUT2D eigenvalue weighted by Gasteiger charge is 2.15. The Hall–Kier alpha value is -3.19. The molecule has 0 aromatic heterocycles. The summed E-state index contributed by atoms with van der Waals surface area (Å²) in [5.74, 6) is -1.17. The number of nitrogens with one attached hydrogen (secondary N) is 3. The van der Waals surface area contributed by atoms with Gasteiger partial charge in [0.05, 0.1) is 23.0 Å². The third-order valence-corrected chi connectivity index (χ3v) is 5.92. The Morgan fingerprint density at radius 1 is 1.14 bits per heavy atom. The quantitative estimate of drug-likeness (QED) is 0.109. The number of amides is 3. The van der Waals surface area contributed by atoms with Crippen LogP contribution in [0.15, 0.2) is 35.4 Å². The molecule has 0 saturated carbocycles. The fraction of sp³-hybridized carbons (Fsp3) is 0.385. The molecule has 3 N–H and O–H groups in total. The summed E-state index contributed by atoms with van der Waals surface area (Å²) >= 11 is 2.06. The highest BCUT2D eigenvalue weighted by atomic mass is 127. The molecule has 0 bridgehead atoms. The first kappa shape index (κ1) is 30.0. The Kier molecular flexibility index (Phi) is 12.3. The van der Waals surface area contributed by atoms with E-state index in [1.54, 1.807) is 12.1 Å². The molecular formula is C26H33IN4O6. The topological polar surface area (TPSA) is 127 Å². The van der Waals surface area contributed by atoms with Gasteiger partial charge in [-0.25, -0.2) is 5.43 Å². The van der Waals surface area contributed by atoms with Gasteiger partial charge in [-0.1, -0.05) is 12.1 Å². The van der Waals surface area contributed by atoms with Crippen LogP contribution in [0.5, 0.6) is 11.5 Å². The summed E-state index contributed by atoms with van der Waals surface area (Å²) in [7, 11) is 1.48. The van der Waals surface area contributed by atoms with Crippen LogP contribution in [-0.4, -0.2) is 56.9 Å². The number of hydrazone groups is 1. The Morgan fingerprint density at radius 2 is 1.89 bits per heavy atom. The molecule has 0 atom stereocenters. The lowest BCUT2D eigenvalue weighted by Gasteiger charge is -2.14. The number of rotatable bonds is 12. The number of anilines is 1. The molecule has 0 radical (unpaired) electrons. The van der Waals surface area contributed by atoms with E-state index in [-0.39, 0.29) is 18.6 Å². The minimum Gasteiger partial charge on any atom is -0.493 e. The van der Waals surface area contributed by atoms with Crippen molar-refractivity contribution >= 4 is 52.2 Å². The van der Waals surface area contributed by atoms with Crippen molar-refractivity contribution in [2.24, 2.45) is 5.10 Å². The van der Waals surface area contributed by atoms with E-state index in [0.717, 1.165) is 16.8 Å². The van der Waals surface area contributed by atoms with Gasteiger partial charge in [0, 0.05) is 18.8 Å². The average Bonchev–Trinajstić information content (AvgIpc) is 2.85. The van der Waals surface area contributed by atoms with E-state index in [4.69, 9.17) is 14.2 Å². The highest BCUT2D eigenvalue weighted by molar-refractivity contribution is 14.1. The number of nitrogens with zero attached hydrogens (tertiary/aromatic N) is 1. The number of carbonyl (C=O) groups excluding carboxylic acids is 3. The first-order valence-electron chi connectivity index (χ1n) is 11.7. The smallest absolute Gasteiger partial charge is 0.329 e. The second-order valence-electron chi connectivity index (χ2n) is 8.35. The van der Waals surface area contributed by atoms with Crippen LogP contribution < -0.4 is 25.5 Å². The van der Waals surface area contributed by atoms with Crippen molar-refractivity contribution in [1.29, 1.82) is 0 Å². The SMILES string of the molecule is COc1cc(/C=N\NC(=O)C(=O)NCCCOC(C)C)cc(I)c1OCC(=O)Nc1cccc(C)c1C. The lowest BCUT2D eigenvalue weighted by Crippen LogP contribution is -2.38. The lowest BCUT2D eigenvalue weighted by molar-refractivity contribution is -0.139. The molecule has 0 saturated heterocycles. The third kappa shape index (κ3) is 10.00. The van der Waals surface area contributed by atoms with Crippen molar-refractivity contribution in [2.45, 2.75) is 40.2 Å². The lowest BCUT2D eigenvalue weighted by atomic mass is 10.1. The van der Waals surface area contributed by atoms with E-state index in [0.29, 0.717) is 40.2 Å². The second kappa shape index (κ2) is 15.2. The van der Waals surface area contributed by atoms with Crippen LogP contribution in [0, 0.1) is 17.4 Å². The van der Waals surface area contributed by atoms with Crippen molar-refractivity contribution < 1.29 is 28.6 Å². The van der Waals surface area contributed by atoms with E-state index in [1.165, 1.54) is 13.3 Å². The van der Waals surface area contributed by atoms with Crippen LogP contribution in [0.3, 0.4) is 0 Å². The normalized spacial score (nSPS) is 10.9. The predicted molar refractivity (Wildman–Crippen MR) is 150 cm³/mol. The monoisotopic (exact) mass is 624 g/mol. The fourth-order valence-corrected chi connectivity index (χ4v) is 3.84. The number of aryl methyl sites for hydroxylation is 1. The van der Waals surface area contributed by atoms with Crippen molar-refractivity contribution in [1.82, 2.24) is 10.7 Å². The predicted octanol–water partition coefficient (Wildman–Crippen LogP) is 3.32. The summed E-state index contributed by atoms with van der Waals surface area (Å²) in [4.78, 5) is 36.2. The third-order valence-electron chi connectivity index (χ3n) is 5.12. The number of methoxy groups -OCH3 is 1. The highest BCUT2D eigenvalue weighted by Crippen LogP contribution is 2.33. The molecule has 3 amide bonds. The summed E-state index contributed by atoms with van der Waals surface area (Å²) in [6.45, 7) is 8.38. The first-order chi connectivity index (χ1) is 17.6. The minimum absolute atomic E-state index is 0.114. The average molecular weight is 624 g/mol. The molecule has 2 rings (SSSR count). The maximum atomic E-state index is 12.4. The van der Waals surface area contributed by atoms with Gasteiger partial charge >= 0.3 is 11.8 Å². The van der Waals surface area contributed by atoms with E-state index in [1.807, 2.05) is 45.9 Å². The van der Waals surface area contributed by atoms with Gasteiger partial charge in [-0.2, -0.15) is 5.10 Å². The summed E-state index contributed by atoms with van der Waals surface area (Å²) in [6, 6.07) is 9.08. The number of carbonyl (C=O) groups is 3. The van der Waals surface area contributed by atoms with Gasteiger partial charge in [0.25, 0.3) is 5.91 Å². The van der Waals surface area contributed by atoms with E-state index >= 15 is 0 Å². The maximum Gasteiger partial charge on any atom is 0.329 e. The number of halogens is 1. The van der Waals surface area contributed by atoms with Gasteiger partial charge in [-0.15, -0.1) is 0 Å². The molecule has 2 aromatic rings. The van der Waals surface area contributed by atoms with Crippen LogP contribution in [0.4, 0.5) is 5.69 Å². The van der Waals surface area contributed by atoms with Crippen LogP contribution in [0.2, 0.25) is 0 Å². The Balaban J connectivity index is 1.90. The van der Waals surface area contributed by atoms with Gasteiger partial charge in [0.1, 0.15) is 0 Å². The largest absolute Gasteiger partial charge is 0.493 e. The Morgan fingerprint density at radius 3 is 2.59 bits per heavy atom. The molecule has 0 aliphatic rings. The zero-order valence-corrected chi connectivity index (χ0v) is 23.8. The number of benzene rings is 2. The molecule has 0 fully saturated rings. The molecule has 10 nitrogen and oxygen atoms in total. The molecule has 0 aliphatic carbocycles. The van der Waals surface area contributed by atoms with Crippen molar-refractivity contribution in [2.75, 3.05) is 32.2 Å². The molecule has 37 heavy (non-hydrogen) atoms. The van der Waals surface area contributed by atoms with Gasteiger partial charge < -0.3 is 24.8 Å². The van der Waals surface area contributed by atoms with Crippen LogP contribution in [0.1, 0.15) is 37.0 Å². The molecule has 0 aliphatic heterocycles. The Labute approximate surface area is 230 Å². The van der Waals surface area contributed by atoms with E-state index in [2.05, 4.69) is 43.8 Å². The first-order valence-corrected chi connectivity index (χ1v) is 12.8. The Bertz CT molecular complexity index is 1140. The number of hydrogen-bond donors (Lipinski definition) is 3. The molecule has 0 unspecified atom stereocenters. The van der Waals surface area contributed by atoms with Crippen LogP contribution in [-0.2, 0) is 19.1 Å².